The van der Waals surface area contributed by atoms with Gasteiger partial charge < -0.3 is 10.6 Å². The summed E-state index contributed by atoms with van der Waals surface area (Å²) >= 11 is 0. The first-order valence-corrected chi connectivity index (χ1v) is 8.19. The van der Waals surface area contributed by atoms with Gasteiger partial charge in [-0.05, 0) is 24.5 Å². The van der Waals surface area contributed by atoms with Gasteiger partial charge in [0.05, 0.1) is 6.54 Å². The van der Waals surface area contributed by atoms with E-state index in [2.05, 4.69) is 10.6 Å². The minimum Gasteiger partial charge on any atom is -0.354 e. The van der Waals surface area contributed by atoms with E-state index in [4.69, 9.17) is 0 Å². The van der Waals surface area contributed by atoms with Crippen molar-refractivity contribution in [1.82, 2.24) is 10.6 Å². The summed E-state index contributed by atoms with van der Waals surface area (Å²) < 4.78 is 13.9. The van der Waals surface area contributed by atoms with Gasteiger partial charge in [-0.1, -0.05) is 44.9 Å². The van der Waals surface area contributed by atoms with Crippen LogP contribution in [-0.4, -0.2) is 24.9 Å². The Balaban J connectivity index is 1.79. The fourth-order valence-electron chi connectivity index (χ4n) is 2.99. The van der Waals surface area contributed by atoms with Crippen molar-refractivity contribution in [2.75, 3.05) is 13.1 Å². The van der Waals surface area contributed by atoms with Crippen LogP contribution in [0.3, 0.4) is 0 Å². The predicted molar refractivity (Wildman–Crippen MR) is 87.4 cm³/mol. The van der Waals surface area contributed by atoms with E-state index in [1.165, 1.54) is 6.07 Å². The summed E-state index contributed by atoms with van der Waals surface area (Å²) in [5.41, 5.74) is 0.0477. The number of benzene rings is 1. The summed E-state index contributed by atoms with van der Waals surface area (Å²) in [6.07, 6.45) is 3.99. The topological polar surface area (TPSA) is 58.2 Å². The van der Waals surface area contributed by atoms with Gasteiger partial charge in [-0.25, -0.2) is 4.39 Å². The van der Waals surface area contributed by atoms with Crippen LogP contribution < -0.4 is 10.6 Å². The second-order valence-corrected chi connectivity index (χ2v) is 6.84. The molecule has 1 aliphatic carbocycles. The van der Waals surface area contributed by atoms with Gasteiger partial charge in [0.2, 0.25) is 11.8 Å². The molecule has 126 valence electrons. The Morgan fingerprint density at radius 2 is 1.83 bits per heavy atom. The van der Waals surface area contributed by atoms with E-state index in [1.807, 2.05) is 13.8 Å². The normalized spacial score (nSPS) is 15.4. The number of amides is 2. The number of nitrogens with one attached hydrogen (secondary N) is 2. The molecule has 0 heterocycles. The van der Waals surface area contributed by atoms with Gasteiger partial charge in [0.1, 0.15) is 5.82 Å². The van der Waals surface area contributed by atoms with Crippen LogP contribution >= 0.6 is 0 Å². The van der Waals surface area contributed by atoms with Crippen molar-refractivity contribution in [3.05, 3.63) is 35.6 Å². The molecule has 1 aromatic rings. The standard InChI is InChI=1S/C18H25FN2O2/c1-18(2,14-9-5-6-10-15(14)19)12-21-16(22)11-20-17(23)13-7-3-4-8-13/h5-6,9-10,13H,3-4,7-8,11-12H2,1-2H3,(H,20,23)(H,21,22). The molecule has 0 aliphatic heterocycles. The summed E-state index contributed by atoms with van der Waals surface area (Å²) in [6.45, 7) is 4.04. The summed E-state index contributed by atoms with van der Waals surface area (Å²) in [5, 5.41) is 5.46. The van der Waals surface area contributed by atoms with Crippen LogP contribution in [0.4, 0.5) is 4.39 Å². The maximum atomic E-state index is 13.9. The maximum absolute atomic E-state index is 13.9. The summed E-state index contributed by atoms with van der Waals surface area (Å²) in [5.74, 6) is -0.509. The van der Waals surface area contributed by atoms with Crippen molar-refractivity contribution < 1.29 is 14.0 Å². The highest BCUT2D eigenvalue weighted by Crippen LogP contribution is 2.25. The molecule has 2 rings (SSSR count). The molecule has 23 heavy (non-hydrogen) atoms. The third kappa shape index (κ3) is 4.78. The van der Waals surface area contributed by atoms with Crippen molar-refractivity contribution in [2.45, 2.75) is 44.9 Å². The average Bonchev–Trinajstić information content (AvgIpc) is 3.05. The van der Waals surface area contributed by atoms with Crippen LogP contribution in [0.25, 0.3) is 0 Å². The molecule has 0 atom stereocenters. The molecule has 1 aliphatic rings. The van der Waals surface area contributed by atoms with E-state index in [9.17, 15) is 14.0 Å². The van der Waals surface area contributed by atoms with Gasteiger partial charge in [-0.2, -0.15) is 0 Å². The fourth-order valence-corrected chi connectivity index (χ4v) is 2.99. The Kier molecular flexibility index (Phi) is 5.74. The number of hydrogen-bond acceptors (Lipinski definition) is 2. The van der Waals surface area contributed by atoms with Crippen LogP contribution in [-0.2, 0) is 15.0 Å². The first-order chi connectivity index (χ1) is 10.9. The highest BCUT2D eigenvalue weighted by Gasteiger charge is 2.25. The third-order valence-corrected chi connectivity index (χ3v) is 4.48. The molecule has 0 bridgehead atoms. The molecule has 5 heteroatoms. The second-order valence-electron chi connectivity index (χ2n) is 6.84. The number of halogens is 1. The van der Waals surface area contributed by atoms with E-state index in [-0.39, 0.29) is 30.1 Å². The third-order valence-electron chi connectivity index (χ3n) is 4.48. The van der Waals surface area contributed by atoms with Crippen molar-refractivity contribution >= 4 is 11.8 Å². The minimum atomic E-state index is -0.517. The van der Waals surface area contributed by atoms with Crippen molar-refractivity contribution in [3.8, 4) is 0 Å². The van der Waals surface area contributed by atoms with E-state index >= 15 is 0 Å². The first kappa shape index (κ1) is 17.4. The lowest BCUT2D eigenvalue weighted by Gasteiger charge is -2.26. The molecular formula is C18H25FN2O2. The zero-order valence-corrected chi connectivity index (χ0v) is 13.8. The number of rotatable bonds is 6. The Morgan fingerprint density at radius 1 is 1.17 bits per heavy atom. The predicted octanol–water partition coefficient (Wildman–Crippen LogP) is 2.53. The lowest BCUT2D eigenvalue weighted by molar-refractivity contribution is -0.128. The van der Waals surface area contributed by atoms with Gasteiger partial charge in [0, 0.05) is 17.9 Å². The van der Waals surface area contributed by atoms with E-state index in [0.717, 1.165) is 25.7 Å². The van der Waals surface area contributed by atoms with Gasteiger partial charge in [0.15, 0.2) is 0 Å². The molecule has 4 nitrogen and oxygen atoms in total. The molecule has 1 saturated carbocycles. The van der Waals surface area contributed by atoms with Crippen molar-refractivity contribution in [2.24, 2.45) is 5.92 Å². The quantitative estimate of drug-likeness (QED) is 0.846. The van der Waals surface area contributed by atoms with E-state index < -0.39 is 5.41 Å². The zero-order valence-electron chi connectivity index (χ0n) is 13.8. The zero-order chi connectivity index (χ0) is 16.9. The van der Waals surface area contributed by atoms with Crippen LogP contribution in [0.15, 0.2) is 24.3 Å². The number of carbonyl (C=O) groups is 2. The summed E-state index contributed by atoms with van der Waals surface area (Å²) in [7, 11) is 0. The molecule has 0 spiro atoms. The first-order valence-electron chi connectivity index (χ1n) is 8.19. The van der Waals surface area contributed by atoms with Crippen LogP contribution in [0.5, 0.6) is 0 Å². The van der Waals surface area contributed by atoms with Gasteiger partial charge in [-0.15, -0.1) is 0 Å². The summed E-state index contributed by atoms with van der Waals surface area (Å²) in [4.78, 5) is 23.8. The highest BCUT2D eigenvalue weighted by atomic mass is 19.1. The maximum Gasteiger partial charge on any atom is 0.239 e. The Hall–Kier alpha value is -1.91. The van der Waals surface area contributed by atoms with Gasteiger partial charge >= 0.3 is 0 Å². The van der Waals surface area contributed by atoms with Gasteiger partial charge in [-0.3, -0.25) is 9.59 Å². The van der Waals surface area contributed by atoms with Crippen LogP contribution in [0.2, 0.25) is 0 Å². The molecule has 1 aromatic carbocycles. The Morgan fingerprint density at radius 3 is 2.48 bits per heavy atom. The lowest BCUT2D eigenvalue weighted by atomic mass is 9.84. The SMILES string of the molecule is CC(C)(CNC(=O)CNC(=O)C1CCCC1)c1ccccc1F. The molecule has 0 saturated heterocycles. The Labute approximate surface area is 136 Å². The lowest BCUT2D eigenvalue weighted by Crippen LogP contribution is -2.43. The average molecular weight is 320 g/mol. The fraction of sp³-hybridized carbons (Fsp3) is 0.556. The van der Waals surface area contributed by atoms with E-state index in [0.29, 0.717) is 12.1 Å². The molecule has 2 amide bonds. The smallest absolute Gasteiger partial charge is 0.239 e. The number of hydrogen-bond donors (Lipinski definition) is 2. The molecule has 0 unspecified atom stereocenters. The van der Waals surface area contributed by atoms with E-state index in [1.54, 1.807) is 18.2 Å². The molecule has 2 N–H and O–H groups in total. The second kappa shape index (κ2) is 7.57. The molecule has 1 fully saturated rings. The molecular weight excluding hydrogens is 295 g/mol. The largest absolute Gasteiger partial charge is 0.354 e. The van der Waals surface area contributed by atoms with Crippen molar-refractivity contribution in [3.63, 3.8) is 0 Å². The minimum absolute atomic E-state index is 0.0251. The molecule has 0 radical (unpaired) electrons. The van der Waals surface area contributed by atoms with Crippen molar-refractivity contribution in [1.29, 1.82) is 0 Å². The van der Waals surface area contributed by atoms with Gasteiger partial charge in [0.25, 0.3) is 0 Å². The summed E-state index contributed by atoms with van der Waals surface area (Å²) in [6, 6.07) is 6.57. The van der Waals surface area contributed by atoms with Crippen LogP contribution in [0, 0.1) is 11.7 Å². The number of carbonyl (C=O) groups excluding carboxylic acids is 2. The highest BCUT2D eigenvalue weighted by molar-refractivity contribution is 5.85. The van der Waals surface area contributed by atoms with Crippen LogP contribution in [0.1, 0.15) is 45.1 Å². The Bertz CT molecular complexity index is 566. The monoisotopic (exact) mass is 320 g/mol. The molecule has 0 aromatic heterocycles.